The molecule has 0 unspecified atom stereocenters. The first kappa shape index (κ1) is 17.2. The fourth-order valence-corrected chi connectivity index (χ4v) is 4.22. The highest BCUT2D eigenvalue weighted by Crippen LogP contribution is 2.35. The summed E-state index contributed by atoms with van der Waals surface area (Å²) in [5, 5.41) is 2.97. The summed E-state index contributed by atoms with van der Waals surface area (Å²) >= 11 is 0. The molecular weight excluding hydrogens is 310 g/mol. The number of carbonyl (C=O) groups is 3. The molecule has 7 nitrogen and oxygen atoms in total. The van der Waals surface area contributed by atoms with Crippen LogP contribution in [0.3, 0.4) is 0 Å². The minimum absolute atomic E-state index is 0.0481. The van der Waals surface area contributed by atoms with Crippen molar-refractivity contribution in [2.75, 3.05) is 26.9 Å². The molecule has 2 saturated heterocycles. The van der Waals surface area contributed by atoms with Crippen molar-refractivity contribution in [2.45, 2.75) is 51.0 Å². The normalized spacial score (nSPS) is 36.8. The smallest absolute Gasteiger partial charge is 0.329 e. The van der Waals surface area contributed by atoms with Gasteiger partial charge in [-0.25, -0.2) is 9.69 Å². The zero-order valence-electron chi connectivity index (χ0n) is 14.6. The molecule has 7 heteroatoms. The standard InChI is InChI=1S/C17H27N3O4/c1-12-3-7-17(8-4-12)15(22)20(16(23)18-17)11-19-9-5-13(6-10-19)14(21)24-2/h12-13H,3-11H2,1-2H3,(H,18,23)/p+1. The maximum atomic E-state index is 12.8. The van der Waals surface area contributed by atoms with E-state index in [0.717, 1.165) is 51.6 Å². The molecule has 2 aliphatic heterocycles. The number of carbonyl (C=O) groups excluding carboxylic acids is 3. The second-order valence-corrected chi connectivity index (χ2v) is 7.63. The number of piperidine rings is 1. The summed E-state index contributed by atoms with van der Waals surface area (Å²) in [4.78, 5) is 39.3. The van der Waals surface area contributed by atoms with Crippen molar-refractivity contribution in [1.29, 1.82) is 0 Å². The third-order valence-corrected chi connectivity index (χ3v) is 5.98. The first-order valence-corrected chi connectivity index (χ1v) is 9.00. The van der Waals surface area contributed by atoms with Crippen molar-refractivity contribution in [3.63, 3.8) is 0 Å². The molecule has 0 aromatic rings. The molecule has 0 aromatic carbocycles. The topological polar surface area (TPSA) is 80.2 Å². The van der Waals surface area contributed by atoms with Crippen molar-refractivity contribution < 1.29 is 24.0 Å². The lowest BCUT2D eigenvalue weighted by atomic mass is 9.77. The number of ether oxygens (including phenoxy) is 1. The Kier molecular flexibility index (Phi) is 4.80. The van der Waals surface area contributed by atoms with Gasteiger partial charge in [-0.1, -0.05) is 6.92 Å². The number of quaternary nitrogens is 1. The number of likely N-dealkylation sites (tertiary alicyclic amines) is 1. The molecule has 1 saturated carbocycles. The van der Waals surface area contributed by atoms with Crippen molar-refractivity contribution >= 4 is 17.9 Å². The van der Waals surface area contributed by atoms with Gasteiger partial charge in [-0.05, 0) is 31.6 Å². The number of nitrogens with zero attached hydrogens (tertiary/aromatic N) is 1. The van der Waals surface area contributed by atoms with E-state index in [2.05, 4.69) is 12.2 Å². The van der Waals surface area contributed by atoms with Gasteiger partial charge < -0.3 is 15.0 Å². The Labute approximate surface area is 142 Å². The minimum atomic E-state index is -0.659. The van der Waals surface area contributed by atoms with E-state index in [1.807, 2.05) is 0 Å². The van der Waals surface area contributed by atoms with Gasteiger partial charge >= 0.3 is 12.0 Å². The largest absolute Gasteiger partial charge is 0.469 e. The van der Waals surface area contributed by atoms with Crippen LogP contribution in [0.5, 0.6) is 0 Å². The molecule has 3 amide bonds. The number of esters is 1. The third kappa shape index (κ3) is 3.14. The van der Waals surface area contributed by atoms with E-state index < -0.39 is 5.54 Å². The molecule has 2 N–H and O–H groups in total. The van der Waals surface area contributed by atoms with Crippen LogP contribution in [0.15, 0.2) is 0 Å². The summed E-state index contributed by atoms with van der Waals surface area (Å²) in [5.41, 5.74) is -0.659. The van der Waals surface area contributed by atoms with Gasteiger partial charge in [-0.3, -0.25) is 9.59 Å². The lowest BCUT2D eigenvalue weighted by molar-refractivity contribution is -0.913. The quantitative estimate of drug-likeness (QED) is 0.557. The molecule has 0 atom stereocenters. The zero-order valence-corrected chi connectivity index (χ0v) is 14.6. The lowest BCUT2D eigenvalue weighted by Gasteiger charge is -2.34. The predicted molar refractivity (Wildman–Crippen MR) is 86.0 cm³/mol. The van der Waals surface area contributed by atoms with Gasteiger partial charge in [0.15, 0.2) is 6.67 Å². The Morgan fingerprint density at radius 2 is 1.88 bits per heavy atom. The number of nitrogens with one attached hydrogen (secondary N) is 2. The highest BCUT2D eigenvalue weighted by molar-refractivity contribution is 6.06. The van der Waals surface area contributed by atoms with Gasteiger partial charge in [0.2, 0.25) is 0 Å². The summed E-state index contributed by atoms with van der Waals surface area (Å²) in [5.74, 6) is 0.367. The Morgan fingerprint density at radius 1 is 1.25 bits per heavy atom. The Bertz CT molecular complexity index is 520. The predicted octanol–water partition coefficient (Wildman–Crippen LogP) is -0.0875. The molecule has 1 aliphatic carbocycles. The van der Waals surface area contributed by atoms with Crippen LogP contribution in [0.25, 0.3) is 0 Å². The van der Waals surface area contributed by atoms with E-state index in [9.17, 15) is 14.4 Å². The van der Waals surface area contributed by atoms with Gasteiger partial charge in [0.05, 0.1) is 26.1 Å². The van der Waals surface area contributed by atoms with Crippen LogP contribution < -0.4 is 10.2 Å². The fraction of sp³-hybridized carbons (Fsp3) is 0.824. The van der Waals surface area contributed by atoms with Crippen LogP contribution in [0.1, 0.15) is 45.4 Å². The number of imide groups is 1. The van der Waals surface area contributed by atoms with Crippen LogP contribution in [0, 0.1) is 11.8 Å². The molecule has 2 heterocycles. The summed E-state index contributed by atoms with van der Waals surface area (Å²) < 4.78 is 4.80. The molecule has 0 bridgehead atoms. The first-order valence-electron chi connectivity index (χ1n) is 9.00. The SMILES string of the molecule is COC(=O)C1CC[NH+](CN2C(=O)NC3(CCC(C)CC3)C2=O)CC1. The zero-order chi connectivity index (χ0) is 17.3. The molecule has 0 radical (unpaired) electrons. The van der Waals surface area contributed by atoms with Gasteiger partial charge in [-0.2, -0.15) is 0 Å². The second kappa shape index (κ2) is 6.70. The van der Waals surface area contributed by atoms with E-state index in [1.165, 1.54) is 16.9 Å². The van der Waals surface area contributed by atoms with Gasteiger partial charge in [0, 0.05) is 12.8 Å². The number of amides is 3. The van der Waals surface area contributed by atoms with Crippen molar-refractivity contribution in [3.8, 4) is 0 Å². The number of hydrogen-bond acceptors (Lipinski definition) is 4. The monoisotopic (exact) mass is 338 g/mol. The average Bonchev–Trinajstić information content (AvgIpc) is 2.82. The second-order valence-electron chi connectivity index (χ2n) is 7.63. The van der Waals surface area contributed by atoms with Crippen molar-refractivity contribution in [3.05, 3.63) is 0 Å². The average molecular weight is 338 g/mol. The lowest BCUT2D eigenvalue weighted by Crippen LogP contribution is -3.14. The summed E-state index contributed by atoms with van der Waals surface area (Å²) in [6, 6.07) is -0.253. The number of hydrogen-bond donors (Lipinski definition) is 2. The van der Waals surface area contributed by atoms with Crippen LogP contribution in [0.2, 0.25) is 0 Å². The molecule has 3 fully saturated rings. The maximum absolute atomic E-state index is 12.8. The van der Waals surface area contributed by atoms with Gasteiger partial charge in [-0.15, -0.1) is 0 Å². The first-order chi connectivity index (χ1) is 11.4. The molecule has 3 aliphatic rings. The van der Waals surface area contributed by atoms with E-state index in [4.69, 9.17) is 4.74 Å². The van der Waals surface area contributed by atoms with Crippen molar-refractivity contribution in [2.24, 2.45) is 11.8 Å². The summed E-state index contributed by atoms with van der Waals surface area (Å²) in [6.45, 7) is 4.15. The summed E-state index contributed by atoms with van der Waals surface area (Å²) in [7, 11) is 1.42. The molecule has 0 aromatic heterocycles. The highest BCUT2D eigenvalue weighted by atomic mass is 16.5. The number of urea groups is 1. The molecule has 134 valence electrons. The van der Waals surface area contributed by atoms with Crippen LogP contribution in [-0.4, -0.2) is 55.2 Å². The summed E-state index contributed by atoms with van der Waals surface area (Å²) in [6.07, 6.45) is 4.95. The van der Waals surface area contributed by atoms with Gasteiger partial charge in [0.25, 0.3) is 5.91 Å². The molecule has 3 rings (SSSR count). The Morgan fingerprint density at radius 3 is 2.46 bits per heavy atom. The molecule has 1 spiro atoms. The Balaban J connectivity index is 1.57. The van der Waals surface area contributed by atoms with Gasteiger partial charge in [0.1, 0.15) is 5.54 Å². The third-order valence-electron chi connectivity index (χ3n) is 5.98. The van der Waals surface area contributed by atoms with E-state index in [-0.39, 0.29) is 23.8 Å². The molecular formula is C17H28N3O4+. The Hall–Kier alpha value is -1.63. The van der Waals surface area contributed by atoms with E-state index >= 15 is 0 Å². The number of rotatable bonds is 3. The van der Waals surface area contributed by atoms with E-state index in [1.54, 1.807) is 0 Å². The minimum Gasteiger partial charge on any atom is -0.469 e. The van der Waals surface area contributed by atoms with Crippen LogP contribution >= 0.6 is 0 Å². The van der Waals surface area contributed by atoms with Crippen molar-refractivity contribution in [1.82, 2.24) is 10.2 Å². The maximum Gasteiger partial charge on any atom is 0.329 e. The van der Waals surface area contributed by atoms with E-state index in [0.29, 0.717) is 12.6 Å². The number of methoxy groups -OCH3 is 1. The molecule has 24 heavy (non-hydrogen) atoms. The fourth-order valence-electron chi connectivity index (χ4n) is 4.22. The van der Waals surface area contributed by atoms with Crippen LogP contribution in [-0.2, 0) is 14.3 Å². The van der Waals surface area contributed by atoms with Crippen LogP contribution in [0.4, 0.5) is 4.79 Å². The highest BCUT2D eigenvalue weighted by Gasteiger charge is 2.53.